The van der Waals surface area contributed by atoms with E-state index >= 15 is 0 Å². The number of anilines is 1. The van der Waals surface area contributed by atoms with Crippen LogP contribution in [0.4, 0.5) is 5.82 Å². The first-order chi connectivity index (χ1) is 9.09. The summed E-state index contributed by atoms with van der Waals surface area (Å²) in [6.45, 7) is 3.15. The highest BCUT2D eigenvalue weighted by atomic mass is 32.2. The van der Waals surface area contributed by atoms with E-state index in [0.29, 0.717) is 18.3 Å². The van der Waals surface area contributed by atoms with Crippen LogP contribution < -0.4 is 11.3 Å². The first kappa shape index (κ1) is 14.6. The highest BCUT2D eigenvalue weighted by Gasteiger charge is 2.31. The second kappa shape index (κ2) is 6.08. The predicted octanol–water partition coefficient (Wildman–Crippen LogP) is 0.883. The Morgan fingerprint density at radius 1 is 1.63 bits per heavy atom. The smallest absolute Gasteiger partial charge is 0.246 e. The van der Waals surface area contributed by atoms with Crippen LogP contribution in [-0.2, 0) is 10.0 Å². The highest BCUT2D eigenvalue weighted by Crippen LogP contribution is 2.28. The number of thioether (sulfide) groups is 1. The van der Waals surface area contributed by atoms with Crippen LogP contribution in [0.5, 0.6) is 0 Å². The van der Waals surface area contributed by atoms with Crippen LogP contribution in [-0.4, -0.2) is 41.8 Å². The van der Waals surface area contributed by atoms with E-state index in [1.807, 2.05) is 11.8 Å². The van der Waals surface area contributed by atoms with Crippen molar-refractivity contribution in [3.05, 3.63) is 18.3 Å². The third kappa shape index (κ3) is 3.02. The van der Waals surface area contributed by atoms with Crippen LogP contribution in [0.2, 0.25) is 0 Å². The molecule has 6 nitrogen and oxygen atoms in total. The number of hydrogen-bond acceptors (Lipinski definition) is 6. The Balaban J connectivity index is 2.31. The number of nitrogen functional groups attached to an aromatic ring is 1. The van der Waals surface area contributed by atoms with Gasteiger partial charge in [-0.3, -0.25) is 0 Å². The molecule has 1 atom stereocenters. The van der Waals surface area contributed by atoms with Gasteiger partial charge in [0.1, 0.15) is 4.90 Å². The van der Waals surface area contributed by atoms with E-state index in [2.05, 4.69) is 17.3 Å². The molecule has 3 N–H and O–H groups in total. The number of hydrogen-bond donors (Lipinski definition) is 2. The Morgan fingerprint density at radius 2 is 2.42 bits per heavy atom. The molecule has 0 amide bonds. The zero-order valence-electron chi connectivity index (χ0n) is 10.7. The van der Waals surface area contributed by atoms with Gasteiger partial charge < -0.3 is 5.43 Å². The number of rotatable bonds is 4. The Labute approximate surface area is 117 Å². The SMILES string of the molecule is CCC1CN(S(=O)(=O)c2cccnc2NN)CCS1. The molecule has 0 spiro atoms. The van der Waals surface area contributed by atoms with Gasteiger partial charge in [0.15, 0.2) is 5.82 Å². The molecule has 0 saturated carbocycles. The number of nitrogens with two attached hydrogens (primary N) is 1. The van der Waals surface area contributed by atoms with E-state index in [-0.39, 0.29) is 10.7 Å². The van der Waals surface area contributed by atoms with E-state index in [1.165, 1.54) is 16.6 Å². The summed E-state index contributed by atoms with van der Waals surface area (Å²) < 4.78 is 26.7. The molecular formula is C11H18N4O2S2. The molecule has 19 heavy (non-hydrogen) atoms. The van der Waals surface area contributed by atoms with Gasteiger partial charge in [0, 0.05) is 30.3 Å². The lowest BCUT2D eigenvalue weighted by molar-refractivity contribution is 0.416. The minimum atomic E-state index is -3.53. The van der Waals surface area contributed by atoms with Gasteiger partial charge in [0.2, 0.25) is 10.0 Å². The fourth-order valence-corrected chi connectivity index (χ4v) is 4.99. The number of sulfonamides is 1. The molecule has 106 valence electrons. The number of nitrogens with zero attached hydrogens (tertiary/aromatic N) is 2. The van der Waals surface area contributed by atoms with E-state index in [9.17, 15) is 8.42 Å². The summed E-state index contributed by atoms with van der Waals surface area (Å²) in [4.78, 5) is 4.09. The largest absolute Gasteiger partial charge is 0.307 e. The summed E-state index contributed by atoms with van der Waals surface area (Å²) in [5.41, 5.74) is 2.34. The number of hydrazine groups is 1. The van der Waals surface area contributed by atoms with Crippen molar-refractivity contribution < 1.29 is 8.42 Å². The number of nitrogens with one attached hydrogen (secondary N) is 1. The van der Waals surface area contributed by atoms with Crippen LogP contribution in [0.25, 0.3) is 0 Å². The van der Waals surface area contributed by atoms with Crippen LogP contribution >= 0.6 is 11.8 Å². The van der Waals surface area contributed by atoms with Crippen molar-refractivity contribution in [1.82, 2.24) is 9.29 Å². The molecule has 8 heteroatoms. The molecular weight excluding hydrogens is 284 g/mol. The van der Waals surface area contributed by atoms with Crippen molar-refractivity contribution in [3.8, 4) is 0 Å². The zero-order valence-corrected chi connectivity index (χ0v) is 12.4. The van der Waals surface area contributed by atoms with Crippen LogP contribution in [0.15, 0.2) is 23.2 Å². The third-order valence-electron chi connectivity index (χ3n) is 3.08. The monoisotopic (exact) mass is 302 g/mol. The van der Waals surface area contributed by atoms with Gasteiger partial charge >= 0.3 is 0 Å². The lowest BCUT2D eigenvalue weighted by Gasteiger charge is -2.31. The number of pyridine rings is 1. The molecule has 1 aromatic rings. The van der Waals surface area contributed by atoms with Gasteiger partial charge in [0.25, 0.3) is 0 Å². The van der Waals surface area contributed by atoms with Crippen molar-refractivity contribution in [3.63, 3.8) is 0 Å². The Kier molecular flexibility index (Phi) is 4.67. The minimum absolute atomic E-state index is 0.138. The van der Waals surface area contributed by atoms with Gasteiger partial charge in [-0.2, -0.15) is 16.1 Å². The summed E-state index contributed by atoms with van der Waals surface area (Å²) in [5.74, 6) is 6.34. The average molecular weight is 302 g/mol. The average Bonchev–Trinajstić information content (AvgIpc) is 2.47. The molecule has 0 radical (unpaired) electrons. The molecule has 1 unspecified atom stereocenters. The second-order valence-corrected chi connectivity index (χ2v) is 7.57. The zero-order chi connectivity index (χ0) is 13.9. The predicted molar refractivity (Wildman–Crippen MR) is 77.3 cm³/mol. The summed E-state index contributed by atoms with van der Waals surface area (Å²) in [5, 5.41) is 0.356. The molecule has 1 aliphatic heterocycles. The normalized spacial score (nSPS) is 21.3. The van der Waals surface area contributed by atoms with E-state index in [1.54, 1.807) is 6.07 Å². The van der Waals surface area contributed by atoms with E-state index < -0.39 is 10.0 Å². The molecule has 1 saturated heterocycles. The van der Waals surface area contributed by atoms with Gasteiger partial charge in [-0.1, -0.05) is 6.92 Å². The quantitative estimate of drug-likeness (QED) is 0.634. The highest BCUT2D eigenvalue weighted by molar-refractivity contribution is 8.00. The van der Waals surface area contributed by atoms with Crippen molar-refractivity contribution in [2.24, 2.45) is 5.84 Å². The molecule has 0 bridgehead atoms. The minimum Gasteiger partial charge on any atom is -0.307 e. The molecule has 2 rings (SSSR count). The number of aromatic nitrogens is 1. The standard InChI is InChI=1S/C11H18N4O2S2/c1-2-9-8-15(6-7-18-9)19(16,17)10-4-3-5-13-11(10)14-12/h3-5,9H,2,6-8,12H2,1H3,(H,13,14). The molecule has 0 aromatic carbocycles. The molecule has 1 aromatic heterocycles. The Bertz CT molecular complexity index is 535. The van der Waals surface area contributed by atoms with E-state index in [0.717, 1.165) is 12.2 Å². The summed E-state index contributed by atoms with van der Waals surface area (Å²) >= 11 is 1.83. The fraction of sp³-hybridized carbons (Fsp3) is 0.545. The maximum Gasteiger partial charge on any atom is 0.246 e. The topological polar surface area (TPSA) is 88.3 Å². The van der Waals surface area contributed by atoms with Gasteiger partial charge in [0.05, 0.1) is 0 Å². The van der Waals surface area contributed by atoms with Crippen molar-refractivity contribution in [2.75, 3.05) is 24.3 Å². The summed E-state index contributed by atoms with van der Waals surface area (Å²) in [7, 11) is -3.53. The lowest BCUT2D eigenvalue weighted by Crippen LogP contribution is -2.42. The van der Waals surface area contributed by atoms with Gasteiger partial charge in [-0.05, 0) is 18.6 Å². The molecule has 1 aliphatic rings. The lowest BCUT2D eigenvalue weighted by atomic mass is 10.3. The van der Waals surface area contributed by atoms with Crippen molar-refractivity contribution >= 4 is 27.6 Å². The van der Waals surface area contributed by atoms with E-state index in [4.69, 9.17) is 5.84 Å². The molecule has 2 heterocycles. The first-order valence-corrected chi connectivity index (χ1v) is 8.62. The van der Waals surface area contributed by atoms with Crippen molar-refractivity contribution in [1.29, 1.82) is 0 Å². The molecule has 0 aliphatic carbocycles. The molecule has 1 fully saturated rings. The van der Waals surface area contributed by atoms with Crippen LogP contribution in [0, 0.1) is 0 Å². The van der Waals surface area contributed by atoms with Crippen LogP contribution in [0.3, 0.4) is 0 Å². The van der Waals surface area contributed by atoms with Gasteiger partial charge in [-0.25, -0.2) is 19.2 Å². The van der Waals surface area contributed by atoms with Crippen LogP contribution in [0.1, 0.15) is 13.3 Å². The Hall–Kier alpha value is -0.830. The summed E-state index contributed by atoms with van der Waals surface area (Å²) in [6, 6.07) is 3.13. The van der Waals surface area contributed by atoms with Crippen molar-refractivity contribution in [2.45, 2.75) is 23.5 Å². The fourth-order valence-electron chi connectivity index (χ4n) is 2.00. The second-order valence-electron chi connectivity index (χ2n) is 4.26. The maximum absolute atomic E-state index is 12.6. The maximum atomic E-state index is 12.6. The Morgan fingerprint density at radius 3 is 3.11 bits per heavy atom. The van der Waals surface area contributed by atoms with Gasteiger partial charge in [-0.15, -0.1) is 0 Å². The first-order valence-electron chi connectivity index (χ1n) is 6.13. The summed E-state index contributed by atoms with van der Waals surface area (Å²) in [6.07, 6.45) is 2.47. The third-order valence-corrected chi connectivity index (χ3v) is 6.35.